The standard InChI is InChI=1S/C18H19F3N4O2/c1-9(10-4-6-12(7-5-10)18(19,20)21)23-16-14(13(22)8-26)17(27)25-15(24-16)11-2-3-11/h4-7,9,11,22,26H,2-3,8H2,1H3,(H2,23,24,25,27). The third kappa shape index (κ3) is 4.19. The molecular weight excluding hydrogens is 361 g/mol. The number of H-pyrrole nitrogens is 1. The molecule has 1 unspecified atom stereocenters. The molecule has 4 N–H and O–H groups in total. The van der Waals surface area contributed by atoms with Crippen LogP contribution in [0.4, 0.5) is 19.0 Å². The van der Waals surface area contributed by atoms with Gasteiger partial charge in [-0.05, 0) is 37.5 Å². The van der Waals surface area contributed by atoms with E-state index in [9.17, 15) is 23.1 Å². The van der Waals surface area contributed by atoms with E-state index in [-0.39, 0.29) is 23.0 Å². The molecular formula is C18H19F3N4O2. The average molecular weight is 380 g/mol. The fraction of sp³-hybridized carbons (Fsp3) is 0.389. The van der Waals surface area contributed by atoms with Gasteiger partial charge in [0.25, 0.3) is 5.56 Å². The number of benzene rings is 1. The highest BCUT2D eigenvalue weighted by molar-refractivity contribution is 6.02. The highest BCUT2D eigenvalue weighted by Gasteiger charge is 2.31. The summed E-state index contributed by atoms with van der Waals surface area (Å²) in [7, 11) is 0. The molecule has 0 radical (unpaired) electrons. The molecule has 2 aromatic rings. The first-order chi connectivity index (χ1) is 12.7. The summed E-state index contributed by atoms with van der Waals surface area (Å²) in [5.74, 6) is 0.820. The lowest BCUT2D eigenvalue weighted by Crippen LogP contribution is -2.26. The number of aromatic amines is 1. The Morgan fingerprint density at radius 1 is 1.37 bits per heavy atom. The second-order valence-electron chi connectivity index (χ2n) is 6.57. The van der Waals surface area contributed by atoms with Gasteiger partial charge in [-0.25, -0.2) is 4.98 Å². The van der Waals surface area contributed by atoms with E-state index in [1.165, 1.54) is 12.1 Å². The number of hydrogen-bond donors (Lipinski definition) is 4. The number of aromatic nitrogens is 2. The van der Waals surface area contributed by atoms with E-state index < -0.39 is 29.9 Å². The molecule has 0 saturated heterocycles. The van der Waals surface area contributed by atoms with Gasteiger partial charge in [-0.15, -0.1) is 0 Å². The number of alkyl halides is 3. The molecule has 27 heavy (non-hydrogen) atoms. The van der Waals surface area contributed by atoms with Gasteiger partial charge in [-0.3, -0.25) is 4.79 Å². The van der Waals surface area contributed by atoms with Crippen LogP contribution in [0.5, 0.6) is 0 Å². The minimum absolute atomic E-state index is 0.0688. The van der Waals surface area contributed by atoms with Crippen molar-refractivity contribution in [1.29, 1.82) is 5.41 Å². The minimum Gasteiger partial charge on any atom is -0.390 e. The van der Waals surface area contributed by atoms with E-state index in [2.05, 4.69) is 15.3 Å². The molecule has 0 bridgehead atoms. The maximum absolute atomic E-state index is 12.7. The van der Waals surface area contributed by atoms with Crippen molar-refractivity contribution in [3.63, 3.8) is 0 Å². The maximum atomic E-state index is 12.7. The van der Waals surface area contributed by atoms with Crippen molar-refractivity contribution >= 4 is 11.5 Å². The monoisotopic (exact) mass is 380 g/mol. The Kier molecular flexibility index (Phi) is 5.05. The van der Waals surface area contributed by atoms with Crippen molar-refractivity contribution in [3.05, 3.63) is 57.1 Å². The second-order valence-corrected chi connectivity index (χ2v) is 6.57. The van der Waals surface area contributed by atoms with E-state index >= 15 is 0 Å². The van der Waals surface area contributed by atoms with Crippen LogP contribution in [0.25, 0.3) is 0 Å². The Morgan fingerprint density at radius 2 is 2.00 bits per heavy atom. The lowest BCUT2D eigenvalue weighted by molar-refractivity contribution is -0.137. The first-order valence-electron chi connectivity index (χ1n) is 8.47. The maximum Gasteiger partial charge on any atom is 0.416 e. The summed E-state index contributed by atoms with van der Waals surface area (Å²) >= 11 is 0. The molecule has 0 amide bonds. The molecule has 1 atom stereocenters. The van der Waals surface area contributed by atoms with Crippen LogP contribution in [0.1, 0.15) is 54.2 Å². The van der Waals surface area contributed by atoms with Gasteiger partial charge in [0.05, 0.1) is 17.9 Å². The summed E-state index contributed by atoms with van der Waals surface area (Å²) < 4.78 is 38.1. The number of nitrogens with zero attached hydrogens (tertiary/aromatic N) is 1. The van der Waals surface area contributed by atoms with Gasteiger partial charge >= 0.3 is 6.18 Å². The molecule has 9 heteroatoms. The summed E-state index contributed by atoms with van der Waals surface area (Å²) in [4.78, 5) is 19.4. The van der Waals surface area contributed by atoms with Crippen molar-refractivity contribution in [2.45, 2.75) is 37.9 Å². The fourth-order valence-electron chi connectivity index (χ4n) is 2.75. The van der Waals surface area contributed by atoms with Gasteiger partial charge < -0.3 is 20.8 Å². The van der Waals surface area contributed by atoms with Crippen LogP contribution in [0.2, 0.25) is 0 Å². The Balaban J connectivity index is 1.91. The molecule has 1 aromatic heterocycles. The zero-order valence-electron chi connectivity index (χ0n) is 14.5. The van der Waals surface area contributed by atoms with Crippen LogP contribution in [0.3, 0.4) is 0 Å². The summed E-state index contributed by atoms with van der Waals surface area (Å²) in [6.07, 6.45) is -2.59. The smallest absolute Gasteiger partial charge is 0.390 e. The molecule has 1 fully saturated rings. The first-order valence-corrected chi connectivity index (χ1v) is 8.47. The number of hydrogen-bond acceptors (Lipinski definition) is 5. The Labute approximate surface area is 153 Å². The van der Waals surface area contributed by atoms with E-state index in [4.69, 9.17) is 5.41 Å². The van der Waals surface area contributed by atoms with Crippen molar-refractivity contribution in [2.24, 2.45) is 0 Å². The molecule has 6 nitrogen and oxygen atoms in total. The molecule has 1 saturated carbocycles. The van der Waals surface area contributed by atoms with E-state index in [1.807, 2.05) is 0 Å². The van der Waals surface area contributed by atoms with E-state index in [0.29, 0.717) is 11.4 Å². The number of nitrogens with one attached hydrogen (secondary N) is 3. The van der Waals surface area contributed by atoms with Crippen molar-refractivity contribution in [2.75, 3.05) is 11.9 Å². The van der Waals surface area contributed by atoms with Gasteiger partial charge in [0.15, 0.2) is 0 Å². The predicted molar refractivity (Wildman–Crippen MR) is 94.2 cm³/mol. The topological polar surface area (TPSA) is 102 Å². The van der Waals surface area contributed by atoms with Crippen LogP contribution in [0.15, 0.2) is 29.1 Å². The molecule has 0 aliphatic heterocycles. The molecule has 144 valence electrons. The van der Waals surface area contributed by atoms with Gasteiger partial charge in [0.2, 0.25) is 0 Å². The van der Waals surface area contributed by atoms with Crippen LogP contribution in [-0.2, 0) is 6.18 Å². The number of aliphatic hydroxyl groups excluding tert-OH is 1. The normalized spacial score (nSPS) is 15.4. The molecule has 1 heterocycles. The molecule has 3 rings (SSSR count). The quantitative estimate of drug-likeness (QED) is 0.578. The SMILES string of the molecule is CC(Nc1nc(C2CC2)[nH]c(=O)c1C(=N)CO)c1ccc(C(F)(F)F)cc1. The van der Waals surface area contributed by atoms with Gasteiger partial charge in [-0.1, -0.05) is 12.1 Å². The Morgan fingerprint density at radius 3 is 2.52 bits per heavy atom. The number of rotatable bonds is 6. The van der Waals surface area contributed by atoms with Crippen molar-refractivity contribution in [3.8, 4) is 0 Å². The van der Waals surface area contributed by atoms with Gasteiger partial charge in [-0.2, -0.15) is 13.2 Å². The highest BCUT2D eigenvalue weighted by atomic mass is 19.4. The van der Waals surface area contributed by atoms with Crippen LogP contribution < -0.4 is 10.9 Å². The largest absolute Gasteiger partial charge is 0.416 e. The van der Waals surface area contributed by atoms with Crippen molar-refractivity contribution in [1.82, 2.24) is 9.97 Å². The minimum atomic E-state index is -4.41. The zero-order chi connectivity index (χ0) is 19.8. The Hall–Kier alpha value is -2.68. The third-order valence-electron chi connectivity index (χ3n) is 4.45. The summed E-state index contributed by atoms with van der Waals surface area (Å²) in [5.41, 5.74) is -1.05. The Bertz CT molecular complexity index is 902. The lowest BCUT2D eigenvalue weighted by Gasteiger charge is -2.18. The average Bonchev–Trinajstić information content (AvgIpc) is 3.45. The van der Waals surface area contributed by atoms with Crippen molar-refractivity contribution < 1.29 is 18.3 Å². The number of anilines is 1. The van der Waals surface area contributed by atoms with Crippen LogP contribution >= 0.6 is 0 Å². The number of aliphatic hydroxyl groups is 1. The molecule has 1 aliphatic carbocycles. The summed E-state index contributed by atoms with van der Waals surface area (Å²) in [6.45, 7) is 1.09. The van der Waals surface area contributed by atoms with E-state index in [1.54, 1.807) is 6.92 Å². The molecule has 0 spiro atoms. The van der Waals surface area contributed by atoms with Crippen LogP contribution in [-0.4, -0.2) is 27.4 Å². The zero-order valence-corrected chi connectivity index (χ0v) is 14.5. The molecule has 1 aliphatic rings. The first kappa shape index (κ1) is 19.1. The van der Waals surface area contributed by atoms with Gasteiger partial charge in [0.1, 0.15) is 17.2 Å². The summed E-state index contributed by atoms with van der Waals surface area (Å²) in [5, 5.41) is 20.1. The predicted octanol–water partition coefficient (Wildman–Crippen LogP) is 3.20. The van der Waals surface area contributed by atoms with Gasteiger partial charge in [0, 0.05) is 12.0 Å². The molecule has 1 aromatic carbocycles. The third-order valence-corrected chi connectivity index (χ3v) is 4.45. The number of halogens is 3. The van der Waals surface area contributed by atoms with E-state index in [0.717, 1.165) is 25.0 Å². The summed E-state index contributed by atoms with van der Waals surface area (Å²) in [6, 6.07) is 4.23. The highest BCUT2D eigenvalue weighted by Crippen LogP contribution is 2.38. The lowest BCUT2D eigenvalue weighted by atomic mass is 10.1. The second kappa shape index (κ2) is 7.15. The van der Waals surface area contributed by atoms with Crippen LogP contribution in [0, 0.1) is 5.41 Å². The fourth-order valence-corrected chi connectivity index (χ4v) is 2.75.